The third-order valence-corrected chi connectivity index (χ3v) is 6.23. The van der Waals surface area contributed by atoms with Gasteiger partial charge < -0.3 is 19.0 Å². The van der Waals surface area contributed by atoms with Crippen LogP contribution in [0.15, 0.2) is 57.7 Å². The van der Waals surface area contributed by atoms with Gasteiger partial charge in [0.1, 0.15) is 0 Å². The molecule has 0 radical (unpaired) electrons. The summed E-state index contributed by atoms with van der Waals surface area (Å²) >= 11 is 6.19. The number of likely N-dealkylation sites (tertiary alicyclic amines) is 1. The Morgan fingerprint density at radius 1 is 1.03 bits per heavy atom. The number of carbonyl (C=O) groups is 2. The summed E-state index contributed by atoms with van der Waals surface area (Å²) < 4.78 is 10.6. The van der Waals surface area contributed by atoms with Crippen molar-refractivity contribution in [2.24, 2.45) is 5.41 Å². The molecule has 3 aromatic rings. The van der Waals surface area contributed by atoms with Crippen LogP contribution in [-0.2, 0) is 4.74 Å². The van der Waals surface area contributed by atoms with Crippen molar-refractivity contribution in [3.05, 3.63) is 74.9 Å². The van der Waals surface area contributed by atoms with E-state index in [0.29, 0.717) is 59.2 Å². The van der Waals surface area contributed by atoms with E-state index in [1.807, 2.05) is 4.90 Å². The van der Waals surface area contributed by atoms with Gasteiger partial charge in [0.15, 0.2) is 16.9 Å². The maximum Gasteiger partial charge on any atom is 0.337 e. The molecule has 2 aliphatic rings. The Kier molecular flexibility index (Phi) is 4.51. The molecule has 0 N–H and O–H groups in total. The highest BCUT2D eigenvalue weighted by Crippen LogP contribution is 2.42. The van der Waals surface area contributed by atoms with E-state index >= 15 is 0 Å². The second-order valence-corrected chi connectivity index (χ2v) is 8.56. The highest BCUT2D eigenvalue weighted by atomic mass is 35.5. The first-order valence-electron chi connectivity index (χ1n) is 9.84. The lowest BCUT2D eigenvalue weighted by Gasteiger charge is -2.60. The molecule has 2 aromatic carbocycles. The molecule has 0 aliphatic carbocycles. The number of fused-ring (bicyclic) bond motifs is 1. The highest BCUT2D eigenvalue weighted by molar-refractivity contribution is 6.34. The Morgan fingerprint density at radius 3 is 2.48 bits per heavy atom. The zero-order valence-corrected chi connectivity index (χ0v) is 17.5. The molecule has 158 valence electrons. The lowest BCUT2D eigenvalue weighted by atomic mass is 9.72. The number of hydrogen-bond acceptors (Lipinski definition) is 6. The molecular formula is C23H19ClN2O5. The van der Waals surface area contributed by atoms with Gasteiger partial charge >= 0.3 is 5.97 Å². The van der Waals surface area contributed by atoms with E-state index in [4.69, 9.17) is 20.8 Å². The van der Waals surface area contributed by atoms with Crippen molar-refractivity contribution >= 4 is 40.3 Å². The van der Waals surface area contributed by atoms with Gasteiger partial charge in [-0.3, -0.25) is 9.59 Å². The number of benzene rings is 2. The molecule has 1 spiro atoms. The fourth-order valence-electron chi connectivity index (χ4n) is 4.39. The van der Waals surface area contributed by atoms with Crippen LogP contribution >= 0.6 is 11.6 Å². The maximum atomic E-state index is 12.8. The number of carbonyl (C=O) groups excluding carboxylic acids is 2. The number of rotatable bonds is 3. The molecular weight excluding hydrogens is 420 g/mol. The van der Waals surface area contributed by atoms with Crippen LogP contribution in [0.1, 0.15) is 20.7 Å². The zero-order chi connectivity index (χ0) is 21.8. The number of esters is 1. The minimum Gasteiger partial charge on any atom is -0.465 e. The van der Waals surface area contributed by atoms with Crippen molar-refractivity contribution in [2.45, 2.75) is 0 Å². The van der Waals surface area contributed by atoms with E-state index in [9.17, 15) is 14.4 Å². The minimum atomic E-state index is -0.471. The number of hydrogen-bond donors (Lipinski definition) is 0. The van der Waals surface area contributed by atoms with Gasteiger partial charge in [-0.05, 0) is 30.3 Å². The van der Waals surface area contributed by atoms with Gasteiger partial charge in [0.25, 0.3) is 5.91 Å². The number of halogens is 1. The van der Waals surface area contributed by atoms with Crippen molar-refractivity contribution in [2.75, 3.05) is 38.2 Å². The molecule has 31 heavy (non-hydrogen) atoms. The smallest absolute Gasteiger partial charge is 0.337 e. The first-order chi connectivity index (χ1) is 14.9. The SMILES string of the molecule is COC(=O)c1cccc(C(=O)N2CC3(C2)CN(c2cc(=O)c4cccc(Cl)c4o2)C3)c1. The maximum absolute atomic E-state index is 12.8. The Balaban J connectivity index is 1.26. The van der Waals surface area contributed by atoms with Crippen LogP contribution in [0.2, 0.25) is 5.02 Å². The van der Waals surface area contributed by atoms with Crippen LogP contribution in [0.3, 0.4) is 0 Å². The van der Waals surface area contributed by atoms with E-state index < -0.39 is 5.97 Å². The second kappa shape index (κ2) is 7.13. The topological polar surface area (TPSA) is 80.1 Å². The first kappa shape index (κ1) is 19.6. The average Bonchev–Trinajstić information content (AvgIpc) is 2.72. The van der Waals surface area contributed by atoms with Crippen LogP contribution in [0.5, 0.6) is 0 Å². The predicted octanol–water partition coefficient (Wildman–Crippen LogP) is 3.20. The van der Waals surface area contributed by atoms with Gasteiger partial charge in [-0.1, -0.05) is 23.7 Å². The first-order valence-corrected chi connectivity index (χ1v) is 10.2. The van der Waals surface area contributed by atoms with E-state index in [1.54, 1.807) is 47.4 Å². The Hall–Kier alpha value is -3.32. The quantitative estimate of drug-likeness (QED) is 0.584. The molecule has 2 saturated heterocycles. The largest absolute Gasteiger partial charge is 0.465 e. The fraction of sp³-hybridized carbons (Fsp3) is 0.261. The molecule has 1 aromatic heterocycles. The van der Waals surface area contributed by atoms with Gasteiger partial charge in [0.05, 0.1) is 23.1 Å². The Bertz CT molecular complexity index is 1270. The summed E-state index contributed by atoms with van der Waals surface area (Å²) in [5.41, 5.74) is 1.07. The zero-order valence-electron chi connectivity index (χ0n) is 16.8. The highest BCUT2D eigenvalue weighted by Gasteiger charge is 2.54. The molecule has 0 unspecified atom stereocenters. The van der Waals surface area contributed by atoms with Crippen molar-refractivity contribution in [3.8, 4) is 0 Å². The summed E-state index contributed by atoms with van der Waals surface area (Å²) in [7, 11) is 1.31. The number of anilines is 1. The van der Waals surface area contributed by atoms with E-state index in [0.717, 1.165) is 0 Å². The van der Waals surface area contributed by atoms with E-state index in [2.05, 4.69) is 0 Å². The Morgan fingerprint density at radius 2 is 1.74 bits per heavy atom. The number of amides is 1. The summed E-state index contributed by atoms with van der Waals surface area (Å²) in [4.78, 5) is 40.6. The van der Waals surface area contributed by atoms with Crippen molar-refractivity contribution in [1.82, 2.24) is 4.90 Å². The van der Waals surface area contributed by atoms with Crippen molar-refractivity contribution in [3.63, 3.8) is 0 Å². The summed E-state index contributed by atoms with van der Waals surface area (Å²) in [5.74, 6) is -0.0908. The van der Waals surface area contributed by atoms with Gasteiger partial charge in [0, 0.05) is 43.2 Å². The minimum absolute atomic E-state index is 0.0103. The second-order valence-electron chi connectivity index (χ2n) is 8.16. The monoisotopic (exact) mass is 438 g/mol. The number of methoxy groups -OCH3 is 1. The van der Waals surface area contributed by atoms with Gasteiger partial charge in [-0.15, -0.1) is 0 Å². The molecule has 0 atom stereocenters. The number of ether oxygens (including phenoxy) is 1. The number of nitrogens with zero attached hydrogens (tertiary/aromatic N) is 2. The number of para-hydroxylation sites is 1. The molecule has 8 heteroatoms. The molecule has 0 saturated carbocycles. The molecule has 3 heterocycles. The van der Waals surface area contributed by atoms with Crippen LogP contribution in [0, 0.1) is 5.41 Å². The van der Waals surface area contributed by atoms with Gasteiger partial charge in [-0.2, -0.15) is 0 Å². The summed E-state index contributed by atoms with van der Waals surface area (Å²) in [5, 5.41) is 0.863. The molecule has 0 bridgehead atoms. The van der Waals surface area contributed by atoms with Gasteiger partial charge in [0.2, 0.25) is 0 Å². The molecule has 7 nitrogen and oxygen atoms in total. The van der Waals surface area contributed by atoms with Crippen LogP contribution < -0.4 is 10.3 Å². The molecule has 2 aliphatic heterocycles. The van der Waals surface area contributed by atoms with Crippen LogP contribution in [-0.4, -0.2) is 50.1 Å². The fourth-order valence-corrected chi connectivity index (χ4v) is 4.61. The van der Waals surface area contributed by atoms with E-state index in [-0.39, 0.29) is 16.8 Å². The molecule has 2 fully saturated rings. The molecule has 5 rings (SSSR count). The average molecular weight is 439 g/mol. The summed E-state index contributed by atoms with van der Waals surface area (Å²) in [6, 6.07) is 13.1. The summed E-state index contributed by atoms with van der Waals surface area (Å²) in [6.45, 7) is 2.61. The third-order valence-electron chi connectivity index (χ3n) is 5.93. The van der Waals surface area contributed by atoms with E-state index in [1.165, 1.54) is 13.2 Å². The van der Waals surface area contributed by atoms with Crippen LogP contribution in [0.4, 0.5) is 5.88 Å². The normalized spacial score (nSPS) is 16.7. The third kappa shape index (κ3) is 3.25. The predicted molar refractivity (Wildman–Crippen MR) is 116 cm³/mol. The van der Waals surface area contributed by atoms with Crippen LogP contribution in [0.25, 0.3) is 11.0 Å². The molecule has 1 amide bonds. The lowest BCUT2D eigenvalue weighted by molar-refractivity contribution is -0.0118. The van der Waals surface area contributed by atoms with Crippen molar-refractivity contribution < 1.29 is 18.7 Å². The van der Waals surface area contributed by atoms with Crippen molar-refractivity contribution in [1.29, 1.82) is 0 Å². The lowest BCUT2D eigenvalue weighted by Crippen LogP contribution is -2.73. The Labute approximate surface area is 182 Å². The summed E-state index contributed by atoms with van der Waals surface area (Å²) in [6.07, 6.45) is 0. The van der Waals surface area contributed by atoms with Gasteiger partial charge in [-0.25, -0.2) is 4.79 Å². The standard InChI is InChI=1S/C23H19ClN2O5/c1-30-22(29)15-5-2-4-14(8-15)21(28)26-12-23(13-26)10-25(11-23)19-9-18(27)16-6-3-7-17(24)20(16)31-19/h2-9H,10-13H2,1H3.